The summed E-state index contributed by atoms with van der Waals surface area (Å²) in [6, 6.07) is 20.8. The fourth-order valence-corrected chi connectivity index (χ4v) is 3.29. The van der Waals surface area contributed by atoms with Crippen molar-refractivity contribution in [2.75, 3.05) is 0 Å². The van der Waals surface area contributed by atoms with E-state index in [4.69, 9.17) is 0 Å². The molecule has 2 aromatic carbocycles. The van der Waals surface area contributed by atoms with Crippen LogP contribution in [-0.2, 0) is 24.7 Å². The number of benzene rings is 2. The Balaban J connectivity index is 1.55. The van der Waals surface area contributed by atoms with Crippen molar-refractivity contribution in [1.29, 1.82) is 0 Å². The van der Waals surface area contributed by atoms with Gasteiger partial charge in [0.1, 0.15) is 0 Å². The molecule has 4 nitrogen and oxygen atoms in total. The van der Waals surface area contributed by atoms with Crippen LogP contribution in [-0.4, -0.2) is 15.7 Å². The molecule has 0 aliphatic rings. The summed E-state index contributed by atoms with van der Waals surface area (Å²) in [4.78, 5) is 12.5. The Hall–Kier alpha value is -2.88. The van der Waals surface area contributed by atoms with Gasteiger partial charge in [0.25, 0.3) is 0 Å². The number of carbonyl (C=O) groups excluding carboxylic acids is 1. The number of amides is 1. The monoisotopic (exact) mass is 361 g/mol. The molecular weight excluding hydrogens is 334 g/mol. The minimum absolute atomic E-state index is 0.0521. The summed E-state index contributed by atoms with van der Waals surface area (Å²) in [5.41, 5.74) is 3.60. The number of rotatable bonds is 9. The Bertz CT molecular complexity index is 827. The molecule has 4 heteroatoms. The van der Waals surface area contributed by atoms with Gasteiger partial charge in [-0.1, -0.05) is 60.7 Å². The number of aryl methyl sites for hydroxylation is 3. The molecule has 1 N–H and O–H groups in total. The van der Waals surface area contributed by atoms with Crippen LogP contribution >= 0.6 is 0 Å². The van der Waals surface area contributed by atoms with Crippen LogP contribution in [0.1, 0.15) is 42.0 Å². The average Bonchev–Trinajstić information content (AvgIpc) is 3.12. The van der Waals surface area contributed by atoms with Crippen LogP contribution in [0.25, 0.3) is 0 Å². The highest BCUT2D eigenvalue weighted by Crippen LogP contribution is 2.20. The van der Waals surface area contributed by atoms with Crippen molar-refractivity contribution < 1.29 is 4.79 Å². The van der Waals surface area contributed by atoms with Gasteiger partial charge < -0.3 is 5.32 Å². The van der Waals surface area contributed by atoms with E-state index in [1.807, 2.05) is 43.7 Å². The summed E-state index contributed by atoms with van der Waals surface area (Å²) in [6.45, 7) is 0. The topological polar surface area (TPSA) is 46.9 Å². The lowest BCUT2D eigenvalue weighted by Crippen LogP contribution is -2.28. The van der Waals surface area contributed by atoms with E-state index in [0.717, 1.165) is 24.8 Å². The number of nitrogens with one attached hydrogen (secondary N) is 1. The molecule has 1 unspecified atom stereocenters. The molecule has 3 rings (SSSR count). The Kier molecular flexibility index (Phi) is 6.80. The number of aromatic nitrogens is 2. The predicted octanol–water partition coefficient (Wildman–Crippen LogP) is 4.23. The van der Waals surface area contributed by atoms with Gasteiger partial charge in [-0.2, -0.15) is 5.10 Å². The molecule has 1 atom stereocenters. The lowest BCUT2D eigenvalue weighted by molar-refractivity contribution is -0.121. The number of hydrogen-bond donors (Lipinski definition) is 1. The second-order valence-electron chi connectivity index (χ2n) is 6.93. The first-order valence-corrected chi connectivity index (χ1v) is 9.56. The lowest BCUT2D eigenvalue weighted by Gasteiger charge is -2.19. The van der Waals surface area contributed by atoms with Crippen molar-refractivity contribution in [2.24, 2.45) is 7.05 Å². The second-order valence-corrected chi connectivity index (χ2v) is 6.93. The van der Waals surface area contributed by atoms with Gasteiger partial charge in [0.15, 0.2) is 0 Å². The van der Waals surface area contributed by atoms with Crippen molar-refractivity contribution in [2.45, 2.75) is 38.1 Å². The molecule has 1 amide bonds. The maximum absolute atomic E-state index is 12.5. The average molecular weight is 361 g/mol. The van der Waals surface area contributed by atoms with Crippen LogP contribution in [0, 0.1) is 0 Å². The number of carbonyl (C=O) groups is 1. The summed E-state index contributed by atoms with van der Waals surface area (Å²) in [6.07, 6.45) is 7.96. The molecule has 0 aliphatic carbocycles. The van der Waals surface area contributed by atoms with Gasteiger partial charge in [0, 0.05) is 19.7 Å². The minimum Gasteiger partial charge on any atom is -0.349 e. The maximum Gasteiger partial charge on any atom is 0.220 e. The fourth-order valence-electron chi connectivity index (χ4n) is 3.29. The lowest BCUT2D eigenvalue weighted by atomic mass is 9.98. The van der Waals surface area contributed by atoms with Gasteiger partial charge >= 0.3 is 0 Å². The molecule has 0 saturated carbocycles. The van der Waals surface area contributed by atoms with Gasteiger partial charge in [0.2, 0.25) is 5.91 Å². The van der Waals surface area contributed by atoms with Gasteiger partial charge in [-0.3, -0.25) is 9.48 Å². The van der Waals surface area contributed by atoms with Crippen LogP contribution in [0.15, 0.2) is 73.1 Å². The van der Waals surface area contributed by atoms with Crippen molar-refractivity contribution >= 4 is 5.91 Å². The van der Waals surface area contributed by atoms with E-state index < -0.39 is 0 Å². The highest BCUT2D eigenvalue weighted by atomic mass is 16.1. The van der Waals surface area contributed by atoms with Gasteiger partial charge in [-0.05, 0) is 42.4 Å². The number of hydrogen-bond acceptors (Lipinski definition) is 2. The van der Waals surface area contributed by atoms with E-state index >= 15 is 0 Å². The third-order valence-corrected chi connectivity index (χ3v) is 4.74. The van der Waals surface area contributed by atoms with Gasteiger partial charge in [-0.15, -0.1) is 0 Å². The highest BCUT2D eigenvalue weighted by molar-refractivity contribution is 5.76. The Morgan fingerprint density at radius 2 is 1.70 bits per heavy atom. The summed E-state index contributed by atoms with van der Waals surface area (Å²) in [5.74, 6) is 0.0902. The normalized spacial score (nSPS) is 11.9. The maximum atomic E-state index is 12.5. The van der Waals surface area contributed by atoms with Gasteiger partial charge in [-0.25, -0.2) is 0 Å². The van der Waals surface area contributed by atoms with Crippen LogP contribution < -0.4 is 5.32 Å². The summed E-state index contributed by atoms with van der Waals surface area (Å²) < 4.78 is 1.77. The van der Waals surface area contributed by atoms with Crippen molar-refractivity contribution in [3.8, 4) is 0 Å². The first-order valence-electron chi connectivity index (χ1n) is 9.56. The molecule has 0 bridgehead atoms. The SMILES string of the molecule is Cn1cc(CCC(=O)NC(CCCc2ccccc2)c2ccccc2)cn1. The second kappa shape index (κ2) is 9.72. The molecule has 140 valence electrons. The van der Waals surface area contributed by atoms with E-state index in [1.165, 1.54) is 11.1 Å². The van der Waals surface area contributed by atoms with E-state index in [9.17, 15) is 4.79 Å². The molecule has 0 saturated heterocycles. The van der Waals surface area contributed by atoms with Crippen LogP contribution in [0.3, 0.4) is 0 Å². The standard InChI is InChI=1S/C23H27N3O/c1-26-18-20(17-24-26)15-16-23(27)25-22(21-12-6-3-7-13-21)14-8-11-19-9-4-2-5-10-19/h2-7,9-10,12-13,17-18,22H,8,11,14-16H2,1H3,(H,25,27). The van der Waals surface area contributed by atoms with E-state index in [1.54, 1.807) is 4.68 Å². The summed E-state index contributed by atoms with van der Waals surface area (Å²) in [7, 11) is 1.89. The van der Waals surface area contributed by atoms with Crippen molar-refractivity contribution in [3.05, 3.63) is 89.7 Å². The largest absolute Gasteiger partial charge is 0.349 e. The Labute approximate surface area is 161 Å². The summed E-state index contributed by atoms with van der Waals surface area (Å²) >= 11 is 0. The minimum atomic E-state index is 0.0521. The molecule has 1 heterocycles. The zero-order chi connectivity index (χ0) is 18.9. The Morgan fingerprint density at radius 1 is 1.00 bits per heavy atom. The first-order chi connectivity index (χ1) is 13.2. The van der Waals surface area contributed by atoms with Crippen molar-refractivity contribution in [3.63, 3.8) is 0 Å². The van der Waals surface area contributed by atoms with E-state index in [-0.39, 0.29) is 11.9 Å². The third kappa shape index (κ3) is 6.10. The highest BCUT2D eigenvalue weighted by Gasteiger charge is 2.14. The van der Waals surface area contributed by atoms with Gasteiger partial charge in [0.05, 0.1) is 12.2 Å². The number of nitrogens with zero attached hydrogens (tertiary/aromatic N) is 2. The van der Waals surface area contributed by atoms with E-state index in [2.05, 4.69) is 46.8 Å². The third-order valence-electron chi connectivity index (χ3n) is 4.74. The molecule has 0 aliphatic heterocycles. The zero-order valence-electron chi connectivity index (χ0n) is 15.8. The first kappa shape index (κ1) is 18.9. The fraction of sp³-hybridized carbons (Fsp3) is 0.304. The quantitative estimate of drug-likeness (QED) is 0.620. The predicted molar refractivity (Wildman–Crippen MR) is 108 cm³/mol. The molecule has 0 radical (unpaired) electrons. The molecular formula is C23H27N3O. The summed E-state index contributed by atoms with van der Waals surface area (Å²) in [5, 5.41) is 7.39. The van der Waals surface area contributed by atoms with Crippen LogP contribution in [0.2, 0.25) is 0 Å². The Morgan fingerprint density at radius 3 is 2.37 bits per heavy atom. The smallest absolute Gasteiger partial charge is 0.220 e. The van der Waals surface area contributed by atoms with Crippen LogP contribution in [0.4, 0.5) is 0 Å². The molecule has 1 aromatic heterocycles. The molecule has 27 heavy (non-hydrogen) atoms. The van der Waals surface area contributed by atoms with E-state index in [0.29, 0.717) is 12.8 Å². The van der Waals surface area contributed by atoms with Crippen LogP contribution in [0.5, 0.6) is 0 Å². The van der Waals surface area contributed by atoms with Crippen molar-refractivity contribution in [1.82, 2.24) is 15.1 Å². The molecule has 0 fully saturated rings. The zero-order valence-corrected chi connectivity index (χ0v) is 15.8. The molecule has 0 spiro atoms. The molecule has 3 aromatic rings.